The molecule has 0 saturated heterocycles. The van der Waals surface area contributed by atoms with Crippen molar-refractivity contribution in [2.75, 3.05) is 6.54 Å². The van der Waals surface area contributed by atoms with Crippen molar-refractivity contribution in [3.8, 4) is 11.3 Å². The number of pyridine rings is 1. The lowest BCUT2D eigenvalue weighted by molar-refractivity contribution is 0.939. The number of benzene rings is 1. The number of fused-ring (bicyclic) bond motifs is 1. The maximum Gasteiger partial charge on any atom is 0.137 e. The SMILES string of the molecule is NCCc1nc2ccc(Cl)cn2c1-c1ccc(Cl)cc1. The minimum atomic E-state index is 0.554. The van der Waals surface area contributed by atoms with Crippen molar-refractivity contribution in [2.45, 2.75) is 6.42 Å². The van der Waals surface area contributed by atoms with E-state index in [0.717, 1.165) is 29.0 Å². The van der Waals surface area contributed by atoms with E-state index in [4.69, 9.17) is 28.9 Å². The van der Waals surface area contributed by atoms with Gasteiger partial charge in [-0.15, -0.1) is 0 Å². The van der Waals surface area contributed by atoms with E-state index in [1.165, 1.54) is 0 Å². The van der Waals surface area contributed by atoms with E-state index in [9.17, 15) is 0 Å². The molecule has 3 rings (SSSR count). The van der Waals surface area contributed by atoms with Crippen LogP contribution in [0.4, 0.5) is 0 Å². The van der Waals surface area contributed by atoms with Gasteiger partial charge in [0.15, 0.2) is 0 Å². The fourth-order valence-corrected chi connectivity index (χ4v) is 2.58. The Bertz CT molecular complexity index is 748. The second kappa shape index (κ2) is 5.44. The largest absolute Gasteiger partial charge is 0.330 e. The lowest BCUT2D eigenvalue weighted by Gasteiger charge is -2.05. The molecular weight excluding hydrogens is 293 g/mol. The Morgan fingerprint density at radius 3 is 2.40 bits per heavy atom. The standard InChI is InChI=1S/C15H13Cl2N3/c16-11-3-1-10(2-4-11)15-13(7-8-18)19-14-6-5-12(17)9-20(14)15/h1-6,9H,7-8,18H2. The van der Waals surface area contributed by atoms with E-state index in [1.807, 2.05) is 47.0 Å². The van der Waals surface area contributed by atoms with Gasteiger partial charge in [-0.1, -0.05) is 35.3 Å². The molecule has 2 N–H and O–H groups in total. The molecule has 2 aromatic heterocycles. The number of nitrogens with zero attached hydrogens (tertiary/aromatic N) is 2. The van der Waals surface area contributed by atoms with Gasteiger partial charge in [-0.3, -0.25) is 4.40 Å². The van der Waals surface area contributed by atoms with Crippen LogP contribution in [-0.2, 0) is 6.42 Å². The summed E-state index contributed by atoms with van der Waals surface area (Å²) in [5, 5.41) is 1.38. The van der Waals surface area contributed by atoms with Crippen LogP contribution in [0.25, 0.3) is 16.9 Å². The van der Waals surface area contributed by atoms with Gasteiger partial charge in [-0.05, 0) is 30.8 Å². The van der Waals surface area contributed by atoms with Crippen LogP contribution in [0.15, 0.2) is 42.6 Å². The van der Waals surface area contributed by atoms with Crippen LogP contribution in [0.1, 0.15) is 5.69 Å². The molecule has 1 aromatic carbocycles. The minimum Gasteiger partial charge on any atom is -0.330 e. The third kappa shape index (κ3) is 2.40. The summed E-state index contributed by atoms with van der Waals surface area (Å²) >= 11 is 12.0. The predicted octanol–water partition coefficient (Wildman–Crippen LogP) is 3.81. The first-order valence-corrected chi connectivity index (χ1v) is 7.07. The molecule has 20 heavy (non-hydrogen) atoms. The second-order valence-electron chi connectivity index (χ2n) is 4.53. The molecule has 0 atom stereocenters. The molecule has 102 valence electrons. The third-order valence-corrected chi connectivity index (χ3v) is 3.63. The van der Waals surface area contributed by atoms with Gasteiger partial charge in [-0.25, -0.2) is 4.98 Å². The Hall–Kier alpha value is -1.55. The summed E-state index contributed by atoms with van der Waals surface area (Å²) in [6, 6.07) is 11.4. The molecule has 0 aliphatic rings. The third-order valence-electron chi connectivity index (χ3n) is 3.15. The molecule has 0 aliphatic heterocycles. The van der Waals surface area contributed by atoms with Crippen molar-refractivity contribution in [2.24, 2.45) is 5.73 Å². The number of hydrogen-bond donors (Lipinski definition) is 1. The zero-order chi connectivity index (χ0) is 14.1. The van der Waals surface area contributed by atoms with Gasteiger partial charge >= 0.3 is 0 Å². The monoisotopic (exact) mass is 305 g/mol. The highest BCUT2D eigenvalue weighted by Gasteiger charge is 2.13. The molecule has 0 aliphatic carbocycles. The average Bonchev–Trinajstić information content (AvgIpc) is 2.78. The number of nitrogens with two attached hydrogens (primary N) is 1. The fraction of sp³-hybridized carbons (Fsp3) is 0.133. The number of hydrogen-bond acceptors (Lipinski definition) is 2. The van der Waals surface area contributed by atoms with Crippen molar-refractivity contribution in [3.63, 3.8) is 0 Å². The van der Waals surface area contributed by atoms with Gasteiger partial charge < -0.3 is 5.73 Å². The molecule has 0 unspecified atom stereocenters. The number of aromatic nitrogens is 2. The molecular formula is C15H13Cl2N3. The summed E-state index contributed by atoms with van der Waals surface area (Å²) in [4.78, 5) is 4.63. The van der Waals surface area contributed by atoms with Crippen molar-refractivity contribution >= 4 is 28.8 Å². The summed E-state index contributed by atoms with van der Waals surface area (Å²) in [5.74, 6) is 0. The Morgan fingerprint density at radius 2 is 1.70 bits per heavy atom. The summed E-state index contributed by atoms with van der Waals surface area (Å²) in [7, 11) is 0. The highest BCUT2D eigenvalue weighted by Crippen LogP contribution is 2.28. The fourth-order valence-electron chi connectivity index (χ4n) is 2.29. The molecule has 3 nitrogen and oxygen atoms in total. The first kappa shape index (κ1) is 13.4. The zero-order valence-electron chi connectivity index (χ0n) is 10.7. The molecule has 0 fully saturated rings. The van der Waals surface area contributed by atoms with E-state index in [2.05, 4.69) is 4.98 Å². The molecule has 5 heteroatoms. The van der Waals surface area contributed by atoms with Crippen LogP contribution in [0.2, 0.25) is 10.0 Å². The van der Waals surface area contributed by atoms with E-state index in [1.54, 1.807) is 0 Å². The van der Waals surface area contributed by atoms with Crippen LogP contribution in [-0.4, -0.2) is 15.9 Å². The predicted molar refractivity (Wildman–Crippen MR) is 83.4 cm³/mol. The highest BCUT2D eigenvalue weighted by atomic mass is 35.5. The topological polar surface area (TPSA) is 43.3 Å². The van der Waals surface area contributed by atoms with E-state index in [-0.39, 0.29) is 0 Å². The normalized spacial score (nSPS) is 11.2. The van der Waals surface area contributed by atoms with Crippen molar-refractivity contribution in [3.05, 3.63) is 58.3 Å². The first-order chi connectivity index (χ1) is 9.69. The highest BCUT2D eigenvalue weighted by molar-refractivity contribution is 6.30. The molecule has 0 spiro atoms. The molecule has 0 radical (unpaired) electrons. The Kier molecular flexibility index (Phi) is 3.66. The van der Waals surface area contributed by atoms with Crippen LogP contribution >= 0.6 is 23.2 Å². The molecule has 2 heterocycles. The van der Waals surface area contributed by atoms with Crippen molar-refractivity contribution in [1.82, 2.24) is 9.38 Å². The summed E-state index contributed by atoms with van der Waals surface area (Å²) < 4.78 is 2.00. The van der Waals surface area contributed by atoms with E-state index < -0.39 is 0 Å². The van der Waals surface area contributed by atoms with Gasteiger partial charge in [0.1, 0.15) is 5.65 Å². The van der Waals surface area contributed by atoms with Crippen molar-refractivity contribution in [1.29, 1.82) is 0 Å². The maximum atomic E-state index is 6.10. The average molecular weight is 306 g/mol. The second-order valence-corrected chi connectivity index (χ2v) is 5.40. The van der Waals surface area contributed by atoms with Crippen molar-refractivity contribution < 1.29 is 0 Å². The van der Waals surface area contributed by atoms with E-state index >= 15 is 0 Å². The van der Waals surface area contributed by atoms with E-state index in [0.29, 0.717) is 16.6 Å². The molecule has 0 amide bonds. The van der Waals surface area contributed by atoms with Gasteiger partial charge in [0.25, 0.3) is 0 Å². The Morgan fingerprint density at radius 1 is 1.00 bits per heavy atom. The van der Waals surface area contributed by atoms with Gasteiger partial charge in [0.2, 0.25) is 0 Å². The lowest BCUT2D eigenvalue weighted by Crippen LogP contribution is -2.04. The van der Waals surface area contributed by atoms with Crippen LogP contribution < -0.4 is 5.73 Å². The lowest BCUT2D eigenvalue weighted by atomic mass is 10.1. The zero-order valence-corrected chi connectivity index (χ0v) is 12.2. The summed E-state index contributed by atoms with van der Waals surface area (Å²) in [5.41, 5.74) is 9.59. The Labute approximate surface area is 127 Å². The summed E-state index contributed by atoms with van der Waals surface area (Å²) in [6.45, 7) is 0.554. The molecule has 3 aromatic rings. The minimum absolute atomic E-state index is 0.554. The number of rotatable bonds is 3. The van der Waals surface area contributed by atoms with Crippen LogP contribution in [0.3, 0.4) is 0 Å². The number of halogens is 2. The first-order valence-electron chi connectivity index (χ1n) is 6.31. The van der Waals surface area contributed by atoms with Crippen LogP contribution in [0, 0.1) is 0 Å². The summed E-state index contributed by atoms with van der Waals surface area (Å²) in [6.07, 6.45) is 2.59. The van der Waals surface area contributed by atoms with Gasteiger partial charge in [-0.2, -0.15) is 0 Å². The smallest absolute Gasteiger partial charge is 0.137 e. The maximum absolute atomic E-state index is 6.10. The van der Waals surface area contributed by atoms with Crippen LogP contribution in [0.5, 0.6) is 0 Å². The van der Waals surface area contributed by atoms with Gasteiger partial charge in [0.05, 0.1) is 16.4 Å². The molecule has 0 bridgehead atoms. The van der Waals surface area contributed by atoms with Gasteiger partial charge in [0, 0.05) is 23.2 Å². The molecule has 0 saturated carbocycles. The number of imidazole rings is 1. The Balaban J connectivity index is 2.27. The quantitative estimate of drug-likeness (QED) is 0.799.